The van der Waals surface area contributed by atoms with Crippen LogP contribution in [0.2, 0.25) is 0 Å². The Labute approximate surface area is 174 Å². The summed E-state index contributed by atoms with van der Waals surface area (Å²) in [6, 6.07) is 9.85. The van der Waals surface area contributed by atoms with Crippen molar-refractivity contribution in [2.45, 2.75) is 38.3 Å². The molecular weight excluding hydrogens is 382 g/mol. The highest BCUT2D eigenvalue weighted by Crippen LogP contribution is 2.25. The fraction of sp³-hybridized carbons (Fsp3) is 0.409. The Hall–Kier alpha value is -3.13. The first kappa shape index (κ1) is 18.9. The zero-order chi connectivity index (χ0) is 20.7. The normalized spacial score (nSPS) is 20.6. The van der Waals surface area contributed by atoms with E-state index in [1.807, 2.05) is 0 Å². The number of aromatic nitrogens is 2. The minimum Gasteiger partial charge on any atom is -0.368 e. The summed E-state index contributed by atoms with van der Waals surface area (Å²) in [4.78, 5) is 26.8. The molecule has 2 N–H and O–H groups in total. The van der Waals surface area contributed by atoms with Gasteiger partial charge in [0, 0.05) is 50.5 Å². The molecule has 3 aromatic rings. The van der Waals surface area contributed by atoms with Crippen molar-refractivity contribution in [3.05, 3.63) is 47.8 Å². The van der Waals surface area contributed by atoms with Crippen LogP contribution < -0.4 is 15.5 Å². The van der Waals surface area contributed by atoms with E-state index in [0.29, 0.717) is 35.3 Å². The van der Waals surface area contributed by atoms with Crippen molar-refractivity contribution in [3.8, 4) is 0 Å². The lowest BCUT2D eigenvalue weighted by Crippen LogP contribution is -2.51. The second kappa shape index (κ2) is 7.60. The molecule has 8 nitrogen and oxygen atoms in total. The molecule has 0 spiro atoms. The van der Waals surface area contributed by atoms with Gasteiger partial charge in [-0.15, -0.1) is 0 Å². The molecule has 0 aliphatic carbocycles. The number of benzene rings is 1. The van der Waals surface area contributed by atoms with Crippen LogP contribution in [0.15, 0.2) is 41.2 Å². The van der Waals surface area contributed by atoms with Gasteiger partial charge in [-0.2, -0.15) is 0 Å². The average molecular weight is 407 g/mol. The van der Waals surface area contributed by atoms with E-state index in [-0.39, 0.29) is 11.8 Å². The number of fused-ring (bicyclic) bond motifs is 3. The monoisotopic (exact) mass is 407 g/mol. The molecule has 2 aliphatic heterocycles. The Morgan fingerprint density at radius 1 is 1.20 bits per heavy atom. The molecule has 2 aliphatic rings. The fourth-order valence-corrected chi connectivity index (χ4v) is 4.57. The summed E-state index contributed by atoms with van der Waals surface area (Å²) < 4.78 is 6.54. The van der Waals surface area contributed by atoms with Gasteiger partial charge in [-0.05, 0) is 37.0 Å². The molecule has 1 amide bonds. The summed E-state index contributed by atoms with van der Waals surface area (Å²) in [5.74, 6) is -0.468. The number of hydrogen-bond acceptors (Lipinski definition) is 6. The Bertz CT molecular complexity index is 1070. The number of amides is 1. The highest BCUT2D eigenvalue weighted by molar-refractivity contribution is 6.06. The molecule has 0 radical (unpaired) electrons. The zero-order valence-electron chi connectivity index (χ0n) is 16.9. The Kier molecular flexibility index (Phi) is 4.78. The standard InChI is InChI=1S/C22H25N5O3/c1-14(28)27-13-19(21-20(27)10-24-30-21)22(29)23-9-8-15-2-6-18(7-3-15)26-11-16-4-5-17(12-26)25-16/h2-3,6-7,10,13,16-17,25H,4-5,8-9,11-12H2,1H3,(H,23,29). The van der Waals surface area contributed by atoms with Gasteiger partial charge >= 0.3 is 0 Å². The number of piperazine rings is 1. The number of nitrogens with one attached hydrogen (secondary N) is 2. The van der Waals surface area contributed by atoms with Gasteiger partial charge in [0.15, 0.2) is 5.58 Å². The van der Waals surface area contributed by atoms with Crippen LogP contribution in [0, 0.1) is 0 Å². The van der Waals surface area contributed by atoms with Crippen LogP contribution in [-0.4, -0.2) is 53.3 Å². The molecule has 30 heavy (non-hydrogen) atoms. The van der Waals surface area contributed by atoms with Crippen LogP contribution in [0.25, 0.3) is 11.1 Å². The van der Waals surface area contributed by atoms with Crippen LogP contribution in [0.3, 0.4) is 0 Å². The summed E-state index contributed by atoms with van der Waals surface area (Å²) in [6.07, 6.45) is 6.22. The summed E-state index contributed by atoms with van der Waals surface area (Å²) >= 11 is 0. The van der Waals surface area contributed by atoms with E-state index in [4.69, 9.17) is 4.52 Å². The number of nitrogens with zero attached hydrogens (tertiary/aromatic N) is 3. The van der Waals surface area contributed by atoms with E-state index in [9.17, 15) is 9.59 Å². The Balaban J connectivity index is 1.18. The number of carbonyl (C=O) groups excluding carboxylic acids is 2. The van der Waals surface area contributed by atoms with Crippen LogP contribution >= 0.6 is 0 Å². The van der Waals surface area contributed by atoms with Crippen LogP contribution in [-0.2, 0) is 6.42 Å². The smallest absolute Gasteiger partial charge is 0.256 e. The molecule has 2 atom stereocenters. The van der Waals surface area contributed by atoms with Crippen molar-refractivity contribution in [1.29, 1.82) is 0 Å². The lowest BCUT2D eigenvalue weighted by atomic mass is 10.1. The van der Waals surface area contributed by atoms with E-state index >= 15 is 0 Å². The quantitative estimate of drug-likeness (QED) is 0.674. The molecular formula is C22H25N5O3. The maximum Gasteiger partial charge on any atom is 0.256 e. The lowest BCUT2D eigenvalue weighted by molar-refractivity contribution is 0.0941. The summed E-state index contributed by atoms with van der Waals surface area (Å²) in [6.45, 7) is 4.07. The second-order valence-electron chi connectivity index (χ2n) is 8.19. The Morgan fingerprint density at radius 2 is 1.93 bits per heavy atom. The Morgan fingerprint density at radius 3 is 2.63 bits per heavy atom. The van der Waals surface area contributed by atoms with E-state index in [1.54, 1.807) is 0 Å². The predicted octanol–water partition coefficient (Wildman–Crippen LogP) is 2.20. The maximum atomic E-state index is 12.6. The first-order valence-electron chi connectivity index (χ1n) is 10.4. The van der Waals surface area contributed by atoms with Gasteiger partial charge in [0.05, 0.1) is 6.20 Å². The van der Waals surface area contributed by atoms with Crippen molar-refractivity contribution in [2.75, 3.05) is 24.5 Å². The number of anilines is 1. The highest BCUT2D eigenvalue weighted by Gasteiger charge is 2.32. The van der Waals surface area contributed by atoms with Gasteiger partial charge in [0.25, 0.3) is 5.91 Å². The SMILES string of the molecule is CC(=O)n1cc(C(=O)NCCc2ccc(N3CC4CCC(C3)N4)cc2)c2oncc21. The first-order chi connectivity index (χ1) is 14.6. The minimum absolute atomic E-state index is 0.195. The fourth-order valence-electron chi connectivity index (χ4n) is 4.57. The largest absolute Gasteiger partial charge is 0.368 e. The van der Waals surface area contributed by atoms with E-state index in [2.05, 4.69) is 45.0 Å². The molecule has 0 saturated carbocycles. The summed E-state index contributed by atoms with van der Waals surface area (Å²) in [5, 5.41) is 10.3. The van der Waals surface area contributed by atoms with Gasteiger partial charge in [-0.1, -0.05) is 17.3 Å². The van der Waals surface area contributed by atoms with Crippen molar-refractivity contribution < 1.29 is 14.1 Å². The molecule has 2 unspecified atom stereocenters. The molecule has 1 aromatic carbocycles. The molecule has 5 rings (SSSR count). The topological polar surface area (TPSA) is 92.4 Å². The average Bonchev–Trinajstić information content (AvgIpc) is 3.43. The van der Waals surface area contributed by atoms with Gasteiger partial charge < -0.3 is 20.1 Å². The third-order valence-corrected chi connectivity index (χ3v) is 6.12. The molecule has 2 aromatic heterocycles. The van der Waals surface area contributed by atoms with Gasteiger partial charge in [0.1, 0.15) is 11.1 Å². The van der Waals surface area contributed by atoms with Gasteiger partial charge in [0.2, 0.25) is 5.91 Å². The predicted molar refractivity (Wildman–Crippen MR) is 113 cm³/mol. The lowest BCUT2D eigenvalue weighted by Gasteiger charge is -2.34. The third-order valence-electron chi connectivity index (χ3n) is 6.12. The number of rotatable bonds is 5. The summed E-state index contributed by atoms with van der Waals surface area (Å²) in [5.41, 5.74) is 3.59. The van der Waals surface area contributed by atoms with Crippen LogP contribution in [0.4, 0.5) is 5.69 Å². The van der Waals surface area contributed by atoms with Gasteiger partial charge in [-0.25, -0.2) is 0 Å². The van der Waals surface area contributed by atoms with Crippen LogP contribution in [0.1, 0.15) is 40.5 Å². The van der Waals surface area contributed by atoms with Crippen molar-refractivity contribution >= 4 is 28.6 Å². The molecule has 2 saturated heterocycles. The number of hydrogen-bond donors (Lipinski definition) is 2. The first-order valence-corrected chi connectivity index (χ1v) is 10.4. The highest BCUT2D eigenvalue weighted by atomic mass is 16.5. The molecule has 2 bridgehead atoms. The van der Waals surface area contributed by atoms with Crippen molar-refractivity contribution in [2.24, 2.45) is 0 Å². The molecule has 4 heterocycles. The van der Waals surface area contributed by atoms with Gasteiger partial charge in [-0.3, -0.25) is 14.2 Å². The van der Waals surface area contributed by atoms with E-state index in [0.717, 1.165) is 19.5 Å². The van der Waals surface area contributed by atoms with Crippen molar-refractivity contribution in [3.63, 3.8) is 0 Å². The minimum atomic E-state index is -0.273. The maximum absolute atomic E-state index is 12.6. The molecule has 8 heteroatoms. The van der Waals surface area contributed by atoms with Crippen molar-refractivity contribution in [1.82, 2.24) is 20.4 Å². The summed E-state index contributed by atoms with van der Waals surface area (Å²) in [7, 11) is 0. The zero-order valence-corrected chi connectivity index (χ0v) is 16.9. The van der Waals surface area contributed by atoms with Crippen LogP contribution in [0.5, 0.6) is 0 Å². The number of carbonyl (C=O) groups is 2. The molecule has 2 fully saturated rings. The third kappa shape index (κ3) is 3.47. The van der Waals surface area contributed by atoms with E-state index in [1.165, 1.54) is 48.0 Å². The van der Waals surface area contributed by atoms with E-state index < -0.39 is 0 Å². The second-order valence-corrected chi connectivity index (χ2v) is 8.19. The molecule has 156 valence electrons.